The number of hydrogen-bond donors (Lipinski definition) is 2. The SMILES string of the molecule is O=C(Nc1ccncc1)N1CCCN(C(=O)Nc2ccncc2)CC1. The molecule has 1 saturated heterocycles. The summed E-state index contributed by atoms with van der Waals surface area (Å²) in [6.07, 6.45) is 7.24. The monoisotopic (exact) mass is 340 g/mol. The van der Waals surface area contributed by atoms with Gasteiger partial charge in [0.05, 0.1) is 0 Å². The smallest absolute Gasteiger partial charge is 0.321 e. The van der Waals surface area contributed by atoms with Crippen LogP contribution in [0.2, 0.25) is 0 Å². The molecule has 0 aromatic carbocycles. The number of amides is 4. The van der Waals surface area contributed by atoms with Crippen molar-refractivity contribution in [2.24, 2.45) is 0 Å². The van der Waals surface area contributed by atoms with Gasteiger partial charge in [0.25, 0.3) is 0 Å². The third kappa shape index (κ3) is 4.66. The van der Waals surface area contributed by atoms with Crippen molar-refractivity contribution in [3.63, 3.8) is 0 Å². The zero-order valence-corrected chi connectivity index (χ0v) is 13.8. The molecule has 25 heavy (non-hydrogen) atoms. The van der Waals surface area contributed by atoms with Crippen molar-refractivity contribution in [1.82, 2.24) is 19.8 Å². The molecule has 4 amide bonds. The lowest BCUT2D eigenvalue weighted by Gasteiger charge is -2.22. The molecule has 0 radical (unpaired) electrons. The minimum atomic E-state index is -0.164. The molecule has 1 aliphatic rings. The van der Waals surface area contributed by atoms with Gasteiger partial charge in [-0.3, -0.25) is 9.97 Å². The maximum absolute atomic E-state index is 12.4. The Labute approximate surface area is 145 Å². The van der Waals surface area contributed by atoms with E-state index in [4.69, 9.17) is 0 Å². The summed E-state index contributed by atoms with van der Waals surface area (Å²) < 4.78 is 0. The van der Waals surface area contributed by atoms with E-state index in [1.54, 1.807) is 58.9 Å². The van der Waals surface area contributed by atoms with Crippen LogP contribution in [0.4, 0.5) is 21.0 Å². The number of nitrogens with one attached hydrogen (secondary N) is 2. The first-order valence-electron chi connectivity index (χ1n) is 8.14. The molecule has 0 unspecified atom stereocenters. The molecule has 0 saturated carbocycles. The van der Waals surface area contributed by atoms with Crippen LogP contribution in [0.25, 0.3) is 0 Å². The highest BCUT2D eigenvalue weighted by Crippen LogP contribution is 2.10. The third-order valence-electron chi connectivity index (χ3n) is 3.93. The van der Waals surface area contributed by atoms with Crippen molar-refractivity contribution < 1.29 is 9.59 Å². The number of carbonyl (C=O) groups is 2. The number of rotatable bonds is 2. The van der Waals surface area contributed by atoms with Crippen LogP contribution in [-0.4, -0.2) is 58.0 Å². The Morgan fingerprint density at radius 3 is 1.52 bits per heavy atom. The van der Waals surface area contributed by atoms with Gasteiger partial charge in [-0.25, -0.2) is 9.59 Å². The average Bonchev–Trinajstić information content (AvgIpc) is 2.90. The lowest BCUT2D eigenvalue weighted by atomic mass is 10.4. The predicted molar refractivity (Wildman–Crippen MR) is 94.3 cm³/mol. The first kappa shape index (κ1) is 16.7. The van der Waals surface area contributed by atoms with Crippen LogP contribution in [0.5, 0.6) is 0 Å². The Morgan fingerprint density at radius 2 is 1.12 bits per heavy atom. The number of nitrogens with zero attached hydrogens (tertiary/aromatic N) is 4. The fourth-order valence-corrected chi connectivity index (χ4v) is 2.60. The van der Waals surface area contributed by atoms with Crippen LogP contribution in [0.3, 0.4) is 0 Å². The van der Waals surface area contributed by atoms with Gasteiger partial charge in [-0.15, -0.1) is 0 Å². The Morgan fingerprint density at radius 1 is 0.720 bits per heavy atom. The van der Waals surface area contributed by atoms with E-state index in [1.165, 1.54) is 0 Å². The van der Waals surface area contributed by atoms with Crippen LogP contribution >= 0.6 is 0 Å². The molecule has 130 valence electrons. The molecular formula is C17H20N6O2. The molecule has 0 aliphatic carbocycles. The van der Waals surface area contributed by atoms with Crippen molar-refractivity contribution in [2.75, 3.05) is 36.8 Å². The van der Waals surface area contributed by atoms with Gasteiger partial charge in [0, 0.05) is 62.3 Å². The second-order valence-corrected chi connectivity index (χ2v) is 5.66. The van der Waals surface area contributed by atoms with Gasteiger partial charge >= 0.3 is 12.1 Å². The first-order chi connectivity index (χ1) is 12.2. The highest BCUT2D eigenvalue weighted by Gasteiger charge is 2.22. The summed E-state index contributed by atoms with van der Waals surface area (Å²) in [6, 6.07) is 6.63. The number of pyridine rings is 2. The van der Waals surface area contributed by atoms with Crippen LogP contribution < -0.4 is 10.6 Å². The standard InChI is InChI=1S/C17H20N6O2/c24-16(20-14-2-6-18-7-3-14)22-10-1-11-23(13-12-22)17(25)21-15-4-8-19-9-5-15/h2-9H,1,10-13H2,(H,18,20,24)(H,19,21,25). The molecule has 1 fully saturated rings. The average molecular weight is 340 g/mol. The fraction of sp³-hybridized carbons (Fsp3) is 0.294. The molecule has 3 rings (SSSR count). The molecule has 0 bridgehead atoms. The first-order valence-corrected chi connectivity index (χ1v) is 8.14. The second kappa shape index (κ2) is 8.09. The summed E-state index contributed by atoms with van der Waals surface area (Å²) in [4.78, 5) is 36.0. The lowest BCUT2D eigenvalue weighted by Crippen LogP contribution is -2.40. The molecule has 2 aromatic heterocycles. The van der Waals surface area contributed by atoms with Gasteiger partial charge in [0.15, 0.2) is 0 Å². The zero-order chi connectivity index (χ0) is 17.5. The molecule has 2 aromatic rings. The minimum absolute atomic E-state index is 0.164. The fourth-order valence-electron chi connectivity index (χ4n) is 2.60. The van der Waals surface area contributed by atoms with E-state index in [-0.39, 0.29) is 12.1 Å². The summed E-state index contributed by atoms with van der Waals surface area (Å²) >= 11 is 0. The van der Waals surface area contributed by atoms with E-state index in [0.29, 0.717) is 37.6 Å². The van der Waals surface area contributed by atoms with Gasteiger partial charge in [-0.2, -0.15) is 0 Å². The van der Waals surface area contributed by atoms with E-state index < -0.39 is 0 Å². The van der Waals surface area contributed by atoms with Crippen LogP contribution in [0.1, 0.15) is 6.42 Å². The third-order valence-corrected chi connectivity index (χ3v) is 3.93. The lowest BCUT2D eigenvalue weighted by molar-refractivity contribution is 0.205. The van der Waals surface area contributed by atoms with Gasteiger partial charge in [0.1, 0.15) is 0 Å². The second-order valence-electron chi connectivity index (χ2n) is 5.66. The highest BCUT2D eigenvalue weighted by atomic mass is 16.2. The summed E-state index contributed by atoms with van der Waals surface area (Å²) in [7, 11) is 0. The summed E-state index contributed by atoms with van der Waals surface area (Å²) in [5.74, 6) is 0. The van der Waals surface area contributed by atoms with Crippen molar-refractivity contribution in [3.8, 4) is 0 Å². The highest BCUT2D eigenvalue weighted by molar-refractivity contribution is 5.90. The largest absolute Gasteiger partial charge is 0.323 e. The Hall–Kier alpha value is -3.16. The topological polar surface area (TPSA) is 90.5 Å². The maximum atomic E-state index is 12.4. The van der Waals surface area contributed by atoms with E-state index in [9.17, 15) is 9.59 Å². The Balaban J connectivity index is 1.53. The van der Waals surface area contributed by atoms with E-state index >= 15 is 0 Å². The summed E-state index contributed by atoms with van der Waals surface area (Å²) in [5, 5.41) is 5.69. The number of aromatic nitrogens is 2. The predicted octanol–water partition coefficient (Wildman–Crippen LogP) is 2.25. The normalized spacial score (nSPS) is 14.6. The van der Waals surface area contributed by atoms with Crippen LogP contribution in [0, 0.1) is 0 Å². The van der Waals surface area contributed by atoms with Gasteiger partial charge in [-0.1, -0.05) is 0 Å². The number of carbonyl (C=O) groups excluding carboxylic acids is 2. The van der Waals surface area contributed by atoms with Gasteiger partial charge < -0.3 is 20.4 Å². The van der Waals surface area contributed by atoms with Gasteiger partial charge in [0.2, 0.25) is 0 Å². The van der Waals surface area contributed by atoms with Gasteiger partial charge in [-0.05, 0) is 30.7 Å². The van der Waals surface area contributed by atoms with E-state index in [1.807, 2.05) is 0 Å². The molecular weight excluding hydrogens is 320 g/mol. The van der Waals surface area contributed by atoms with Crippen molar-refractivity contribution in [3.05, 3.63) is 49.1 Å². The molecule has 0 atom stereocenters. The number of hydrogen-bond acceptors (Lipinski definition) is 4. The van der Waals surface area contributed by atoms with Crippen LogP contribution in [0.15, 0.2) is 49.1 Å². The minimum Gasteiger partial charge on any atom is -0.323 e. The van der Waals surface area contributed by atoms with Crippen molar-refractivity contribution in [1.29, 1.82) is 0 Å². The molecule has 8 heteroatoms. The van der Waals surface area contributed by atoms with Crippen molar-refractivity contribution >= 4 is 23.4 Å². The molecule has 8 nitrogen and oxygen atoms in total. The maximum Gasteiger partial charge on any atom is 0.321 e. The van der Waals surface area contributed by atoms with Crippen LogP contribution in [-0.2, 0) is 0 Å². The number of urea groups is 2. The Kier molecular flexibility index (Phi) is 5.40. The quantitative estimate of drug-likeness (QED) is 0.877. The van der Waals surface area contributed by atoms with E-state index in [0.717, 1.165) is 6.42 Å². The Bertz CT molecular complexity index is 648. The molecule has 1 aliphatic heterocycles. The zero-order valence-electron chi connectivity index (χ0n) is 13.8. The molecule has 0 spiro atoms. The molecule has 3 heterocycles. The molecule has 2 N–H and O–H groups in total. The number of anilines is 2. The summed E-state index contributed by atoms with van der Waals surface area (Å²) in [5.41, 5.74) is 1.41. The van der Waals surface area contributed by atoms with Crippen molar-refractivity contribution in [2.45, 2.75) is 6.42 Å². The summed E-state index contributed by atoms with van der Waals surface area (Å²) in [6.45, 7) is 2.19. The van der Waals surface area contributed by atoms with E-state index in [2.05, 4.69) is 20.6 Å².